The minimum atomic E-state index is 0. The van der Waals surface area contributed by atoms with Crippen molar-refractivity contribution < 1.29 is 39.0 Å². The first-order valence-electron chi connectivity index (χ1n) is 27.8. The molecule has 12 aromatic heterocycles. The molecule has 0 saturated heterocycles. The van der Waals surface area contributed by atoms with E-state index in [4.69, 9.17) is 5.73 Å². The molecule has 432 valence electrons. The third-order valence-electron chi connectivity index (χ3n) is 12.1. The van der Waals surface area contributed by atoms with E-state index in [1.54, 1.807) is 49.6 Å². The predicted molar refractivity (Wildman–Crippen MR) is 343 cm³/mol. The summed E-state index contributed by atoms with van der Waals surface area (Å²) in [5, 5.41) is 1.07. The molecule has 0 aliphatic rings. The second kappa shape index (κ2) is 40.7. The number of halogens is 1. The molecule has 0 aliphatic carbocycles. The molecule has 12 aromatic rings. The molecule has 0 spiro atoms. The molecule has 0 saturated carbocycles. The average Bonchev–Trinajstić information content (AvgIpc) is 3.75. The van der Waals surface area contributed by atoms with E-state index >= 15 is 0 Å². The minimum Gasteiger partial charge on any atom is -0.330 e. The molecular formula is C70H68BrN13Ru2+4. The molecule has 16 heteroatoms. The van der Waals surface area contributed by atoms with E-state index in [1.807, 2.05) is 183 Å². The van der Waals surface area contributed by atoms with Gasteiger partial charge in [-0.3, -0.25) is 59.8 Å². The van der Waals surface area contributed by atoms with Crippen LogP contribution >= 0.6 is 15.9 Å². The zero-order valence-corrected chi connectivity index (χ0v) is 53.2. The van der Waals surface area contributed by atoms with Crippen LogP contribution in [0.1, 0.15) is 47.9 Å². The van der Waals surface area contributed by atoms with Crippen molar-refractivity contribution in [2.45, 2.75) is 52.4 Å². The number of nitrogens with zero attached hydrogens (tertiary/aromatic N) is 12. The Labute approximate surface area is 539 Å². The molecule has 0 amide bonds. The van der Waals surface area contributed by atoms with E-state index in [2.05, 4.69) is 126 Å². The first kappa shape index (κ1) is 68.3. The van der Waals surface area contributed by atoms with Crippen LogP contribution in [0.5, 0.6) is 0 Å². The predicted octanol–water partition coefficient (Wildman–Crippen LogP) is 15.5. The molecule has 0 fully saturated rings. The van der Waals surface area contributed by atoms with Gasteiger partial charge >= 0.3 is 39.0 Å². The van der Waals surface area contributed by atoms with Crippen LogP contribution in [0.4, 0.5) is 0 Å². The number of aromatic nitrogens is 12. The molecule has 0 aliphatic heterocycles. The van der Waals surface area contributed by atoms with Gasteiger partial charge in [0.15, 0.2) is 0 Å². The van der Waals surface area contributed by atoms with Crippen LogP contribution in [0.2, 0.25) is 0 Å². The normalized spacial score (nSPS) is 9.81. The summed E-state index contributed by atoms with van der Waals surface area (Å²) in [7, 11) is 0. The minimum absolute atomic E-state index is 0. The molecule has 12 rings (SSSR count). The van der Waals surface area contributed by atoms with Gasteiger partial charge in [0.25, 0.3) is 0 Å². The number of rotatable bonds is 14. The summed E-state index contributed by atoms with van der Waals surface area (Å²) >= 11 is 3.46. The van der Waals surface area contributed by atoms with Gasteiger partial charge in [0.2, 0.25) is 0 Å². The number of hydrogen-bond acceptors (Lipinski definition) is 13. The maximum Gasteiger partial charge on any atom is 2.00 e. The summed E-state index contributed by atoms with van der Waals surface area (Å²) in [6.45, 7) is 4.90. The van der Waals surface area contributed by atoms with E-state index < -0.39 is 0 Å². The van der Waals surface area contributed by atoms with Gasteiger partial charge in [0, 0.05) is 79.7 Å². The largest absolute Gasteiger partial charge is 2.00 e. The number of pyridine rings is 12. The maximum absolute atomic E-state index is 5.51. The number of nitrogens with two attached hydrogens (primary N) is 1. The second-order valence-electron chi connectivity index (χ2n) is 18.6. The van der Waals surface area contributed by atoms with Gasteiger partial charge in [-0.25, -0.2) is 0 Å². The Balaban J connectivity index is 0.000000189. The Kier molecular flexibility index (Phi) is 32.3. The van der Waals surface area contributed by atoms with Crippen molar-refractivity contribution in [2.24, 2.45) is 5.73 Å². The number of unbranched alkanes of at least 4 members (excludes halogenated alkanes) is 2. The van der Waals surface area contributed by atoms with Gasteiger partial charge < -0.3 is 5.73 Å². The van der Waals surface area contributed by atoms with Gasteiger partial charge in [-0.1, -0.05) is 64.5 Å². The van der Waals surface area contributed by atoms with Gasteiger partial charge in [-0.05, 0) is 227 Å². The molecule has 0 unspecified atom stereocenters. The van der Waals surface area contributed by atoms with Crippen molar-refractivity contribution in [1.82, 2.24) is 59.8 Å². The zero-order chi connectivity index (χ0) is 58.5. The van der Waals surface area contributed by atoms with Gasteiger partial charge in [-0.15, -0.1) is 0 Å². The fourth-order valence-corrected chi connectivity index (χ4v) is 8.30. The van der Waals surface area contributed by atoms with Crippen molar-refractivity contribution in [1.29, 1.82) is 0 Å². The zero-order valence-electron chi connectivity index (χ0n) is 48.1. The Morgan fingerprint density at radius 1 is 0.267 bits per heavy atom. The Morgan fingerprint density at radius 2 is 0.500 bits per heavy atom. The van der Waals surface area contributed by atoms with E-state index in [1.165, 1.54) is 35.1 Å². The third-order valence-corrected chi connectivity index (χ3v) is 12.7. The fourth-order valence-electron chi connectivity index (χ4n) is 7.90. The first-order valence-corrected chi connectivity index (χ1v) is 28.9. The monoisotopic (exact) mass is 1370 g/mol. The number of alkyl halides is 1. The summed E-state index contributed by atoms with van der Waals surface area (Å²) in [6.07, 6.45) is 28.3. The standard InChI is InChI=1S/C15H17BrN2.C15H19N3.4C10H8N2.2Ru/c2*1-12-5-8-17-14(10-12)15-11-13(6-9-18-15)4-2-3-7-16;4*1-3-7-11-9(5-1)10-6-2-4-8-12-10;;/h5-6,8-11H,2-4,7H2,1H3;5-6,8-11H,2-4,7,16H2,1H3;4*1-8H;;/q;;;;;;2*+2. The molecule has 0 bridgehead atoms. The Hall–Kier alpha value is -8.51. The van der Waals surface area contributed by atoms with Crippen LogP contribution in [0.25, 0.3) is 68.3 Å². The summed E-state index contributed by atoms with van der Waals surface area (Å²) in [5.74, 6) is 0. The molecule has 2 N–H and O–H groups in total. The maximum atomic E-state index is 5.51. The molecule has 12 heterocycles. The van der Waals surface area contributed by atoms with Gasteiger partial charge in [-0.2, -0.15) is 0 Å². The summed E-state index contributed by atoms with van der Waals surface area (Å²) < 4.78 is 0. The topological polar surface area (TPSA) is 181 Å². The van der Waals surface area contributed by atoms with Crippen LogP contribution in [0.3, 0.4) is 0 Å². The fraction of sp³-hybridized carbons (Fsp3) is 0.143. The van der Waals surface area contributed by atoms with Crippen molar-refractivity contribution >= 4 is 15.9 Å². The van der Waals surface area contributed by atoms with Gasteiger partial charge in [0.1, 0.15) is 0 Å². The van der Waals surface area contributed by atoms with Crippen molar-refractivity contribution in [2.75, 3.05) is 11.9 Å². The summed E-state index contributed by atoms with van der Waals surface area (Å²) in [4.78, 5) is 51.0. The average molecular weight is 1370 g/mol. The molecule has 0 radical (unpaired) electrons. The molecule has 0 aromatic carbocycles. The summed E-state index contributed by atoms with van der Waals surface area (Å²) in [6, 6.07) is 62.9. The van der Waals surface area contributed by atoms with E-state index in [-0.39, 0.29) is 39.0 Å². The van der Waals surface area contributed by atoms with E-state index in [0.717, 1.165) is 106 Å². The van der Waals surface area contributed by atoms with Crippen molar-refractivity contribution in [3.05, 3.63) is 291 Å². The molecular weight excluding hydrogens is 1300 g/mol. The Bertz CT molecular complexity index is 3120. The first-order chi connectivity index (χ1) is 41.4. The number of aryl methyl sites for hydroxylation is 4. The van der Waals surface area contributed by atoms with Crippen molar-refractivity contribution in [3.63, 3.8) is 0 Å². The van der Waals surface area contributed by atoms with E-state index in [0.29, 0.717) is 0 Å². The second-order valence-corrected chi connectivity index (χ2v) is 19.4. The van der Waals surface area contributed by atoms with Crippen LogP contribution in [-0.4, -0.2) is 71.7 Å². The van der Waals surface area contributed by atoms with E-state index in [9.17, 15) is 0 Å². The molecule has 13 nitrogen and oxygen atoms in total. The number of hydrogen-bond donors (Lipinski definition) is 1. The van der Waals surface area contributed by atoms with Crippen molar-refractivity contribution in [3.8, 4) is 68.3 Å². The van der Waals surface area contributed by atoms with Crippen LogP contribution < -0.4 is 5.73 Å². The smallest absolute Gasteiger partial charge is 0.330 e. The Morgan fingerprint density at radius 3 is 0.721 bits per heavy atom. The third kappa shape index (κ3) is 25.0. The van der Waals surface area contributed by atoms with Crippen LogP contribution in [-0.2, 0) is 51.8 Å². The van der Waals surface area contributed by atoms with Gasteiger partial charge in [0.05, 0.1) is 68.3 Å². The summed E-state index contributed by atoms with van der Waals surface area (Å²) in [5.41, 5.74) is 21.7. The van der Waals surface area contributed by atoms with Crippen LogP contribution in [0, 0.1) is 13.8 Å². The molecule has 0 atom stereocenters. The quantitative estimate of drug-likeness (QED) is 0.0618. The molecule has 86 heavy (non-hydrogen) atoms. The SMILES string of the molecule is Cc1ccnc(-c2cc(CCCCBr)ccn2)c1.Cc1ccnc(-c2cc(CCCCN)ccn2)c1.[Ru+2].[Ru+2].c1ccc(-c2ccccn2)nc1.c1ccc(-c2ccccn2)nc1.c1ccc(-c2ccccn2)nc1.c1ccc(-c2ccccn2)nc1. The van der Waals surface area contributed by atoms with Crippen LogP contribution in [0.15, 0.2) is 268 Å².